The van der Waals surface area contributed by atoms with Crippen LogP contribution in [0.1, 0.15) is 49.6 Å². The number of halogens is 1. The van der Waals surface area contributed by atoms with E-state index >= 15 is 0 Å². The Morgan fingerprint density at radius 3 is 2.19 bits per heavy atom. The molecule has 0 radical (unpaired) electrons. The van der Waals surface area contributed by atoms with Gasteiger partial charge in [-0.25, -0.2) is 0 Å². The lowest BCUT2D eigenvalue weighted by molar-refractivity contribution is 0.399. The Bertz CT molecular complexity index is 855. The maximum absolute atomic E-state index is 6.91. The van der Waals surface area contributed by atoms with Crippen molar-refractivity contribution in [3.05, 3.63) is 58.7 Å². The van der Waals surface area contributed by atoms with Gasteiger partial charge in [0.25, 0.3) is 0 Å². The molecule has 0 amide bonds. The van der Waals surface area contributed by atoms with Gasteiger partial charge in [0, 0.05) is 16.4 Å². The third-order valence-corrected chi connectivity index (χ3v) is 7.34. The van der Waals surface area contributed by atoms with Crippen LogP contribution in [-0.4, -0.2) is 19.6 Å². The Kier molecular flexibility index (Phi) is 4.96. The van der Waals surface area contributed by atoms with E-state index in [1.54, 1.807) is 7.11 Å². The third kappa shape index (κ3) is 3.30. The fraction of sp³-hybridized carbons (Fsp3) is 0.391. The van der Waals surface area contributed by atoms with Crippen LogP contribution in [0.4, 0.5) is 0 Å². The van der Waals surface area contributed by atoms with Crippen LogP contribution >= 0.6 is 19.9 Å². The molecule has 3 rings (SSSR count). The van der Waals surface area contributed by atoms with E-state index in [1.165, 1.54) is 33.4 Å². The quantitative estimate of drug-likeness (QED) is 0.534. The van der Waals surface area contributed by atoms with Gasteiger partial charge in [-0.15, -0.1) is 0 Å². The van der Waals surface area contributed by atoms with E-state index < -0.39 is 9.24 Å². The Hall–Kier alpha value is -1.38. The molecule has 1 nitrogen and oxygen atoms in total. The van der Waals surface area contributed by atoms with Gasteiger partial charge in [0.15, 0.2) is 0 Å². The highest BCUT2D eigenvalue weighted by atomic mass is 35.7. The van der Waals surface area contributed by atoms with Gasteiger partial charge < -0.3 is 4.74 Å². The lowest BCUT2D eigenvalue weighted by Crippen LogP contribution is -2.15. The van der Waals surface area contributed by atoms with Crippen LogP contribution < -0.4 is 4.74 Å². The maximum atomic E-state index is 6.91. The van der Waals surface area contributed by atoms with Crippen LogP contribution in [0.2, 0.25) is 0 Å². The van der Waals surface area contributed by atoms with Crippen molar-refractivity contribution >= 4 is 26.0 Å². The number of methoxy groups -OCH3 is 1. The topological polar surface area (TPSA) is 9.23 Å². The predicted molar refractivity (Wildman–Crippen MR) is 119 cm³/mol. The van der Waals surface area contributed by atoms with Crippen molar-refractivity contribution < 1.29 is 4.74 Å². The van der Waals surface area contributed by atoms with Gasteiger partial charge in [-0.05, 0) is 47.6 Å². The van der Waals surface area contributed by atoms with E-state index in [0.717, 1.165) is 5.75 Å². The summed E-state index contributed by atoms with van der Waals surface area (Å²) in [7, 11) is 7.41. The van der Waals surface area contributed by atoms with Crippen molar-refractivity contribution in [3.63, 3.8) is 0 Å². The summed E-state index contributed by atoms with van der Waals surface area (Å²) in [6.45, 7) is 8.94. The monoisotopic (exact) mass is 388 g/mol. The molecule has 0 saturated carbocycles. The fourth-order valence-corrected chi connectivity index (χ4v) is 6.49. The molecule has 1 unspecified atom stereocenters. The first-order chi connectivity index (χ1) is 12.1. The molecule has 1 aliphatic carbocycles. The van der Waals surface area contributed by atoms with Crippen molar-refractivity contribution in [1.29, 1.82) is 0 Å². The molecule has 26 heavy (non-hydrogen) atoms. The first kappa shape index (κ1) is 19.4. The summed E-state index contributed by atoms with van der Waals surface area (Å²) in [5.74, 6) is 0.981. The van der Waals surface area contributed by atoms with E-state index in [1.807, 2.05) is 0 Å². The summed E-state index contributed by atoms with van der Waals surface area (Å²) in [5, 5.41) is 0.286. The first-order valence-electron chi connectivity index (χ1n) is 8.96. The van der Waals surface area contributed by atoms with E-state index in [9.17, 15) is 0 Å². The highest BCUT2D eigenvalue weighted by Crippen LogP contribution is 2.66. The average Bonchev–Trinajstić information content (AvgIpc) is 2.88. The van der Waals surface area contributed by atoms with Crippen molar-refractivity contribution in [2.45, 2.75) is 38.4 Å². The lowest BCUT2D eigenvalue weighted by Gasteiger charge is -2.34. The van der Waals surface area contributed by atoms with E-state index in [2.05, 4.69) is 82.7 Å². The van der Waals surface area contributed by atoms with E-state index in [4.69, 9.17) is 15.4 Å². The van der Waals surface area contributed by atoms with Crippen LogP contribution in [0.25, 0.3) is 17.2 Å². The van der Waals surface area contributed by atoms with Crippen molar-refractivity contribution in [2.24, 2.45) is 0 Å². The number of hydrogen-bond donors (Lipinski definition) is 0. The Balaban J connectivity index is 2.42. The van der Waals surface area contributed by atoms with Crippen molar-refractivity contribution in [2.75, 3.05) is 19.6 Å². The summed E-state index contributed by atoms with van der Waals surface area (Å²) >= 11 is 0. The molecule has 2 aromatic rings. The second-order valence-electron chi connectivity index (χ2n) is 8.50. The van der Waals surface area contributed by atoms with Crippen LogP contribution in [0.5, 0.6) is 5.75 Å². The second kappa shape index (κ2) is 6.65. The highest BCUT2D eigenvalue weighted by molar-refractivity contribution is 8.50. The molecule has 0 N–H and O–H groups in total. The Labute approximate surface area is 164 Å². The van der Waals surface area contributed by atoms with Gasteiger partial charge in [0.2, 0.25) is 0 Å². The number of hydrogen-bond acceptors (Lipinski definition) is 1. The van der Waals surface area contributed by atoms with Crippen LogP contribution in [-0.2, 0) is 5.41 Å². The summed E-state index contributed by atoms with van der Waals surface area (Å²) in [5.41, 5.74) is 7.58. The molecule has 0 bridgehead atoms. The van der Waals surface area contributed by atoms with Gasteiger partial charge in [0.1, 0.15) is 5.75 Å². The van der Waals surface area contributed by atoms with E-state index in [-0.39, 0.29) is 10.7 Å². The predicted octanol–water partition coefficient (Wildman–Crippen LogP) is 7.34. The van der Waals surface area contributed by atoms with Gasteiger partial charge in [-0.3, -0.25) is 0 Å². The first-order valence-corrected chi connectivity index (χ1v) is 12.3. The van der Waals surface area contributed by atoms with Gasteiger partial charge in [-0.2, -0.15) is 9.24 Å². The highest BCUT2D eigenvalue weighted by Gasteiger charge is 2.36. The molecule has 1 atom stereocenters. The number of ether oxygens (including phenoxy) is 1. The molecule has 0 heterocycles. The zero-order valence-corrected chi connectivity index (χ0v) is 18.4. The summed E-state index contributed by atoms with van der Waals surface area (Å²) < 4.78 is 5.98. The molecule has 1 aliphatic rings. The van der Waals surface area contributed by atoms with Gasteiger partial charge >= 0.3 is 0 Å². The molecular formula is C23H29ClOS. The zero-order chi connectivity index (χ0) is 19.3. The van der Waals surface area contributed by atoms with Crippen molar-refractivity contribution in [1.82, 2.24) is 0 Å². The summed E-state index contributed by atoms with van der Waals surface area (Å²) in [6, 6.07) is 12.9. The number of rotatable bonds is 3. The Morgan fingerprint density at radius 1 is 1.08 bits per heavy atom. The second-order valence-corrected chi connectivity index (χ2v) is 13.9. The smallest absolute Gasteiger partial charge is 0.131 e. The molecule has 0 spiro atoms. The zero-order valence-electron chi connectivity index (χ0n) is 16.8. The van der Waals surface area contributed by atoms with Gasteiger partial charge in [-0.1, -0.05) is 73.4 Å². The minimum Gasteiger partial charge on any atom is -0.496 e. The molecule has 3 heteroatoms. The minimum atomic E-state index is -1.28. The van der Waals surface area contributed by atoms with Crippen LogP contribution in [0, 0.1) is 0 Å². The standard InChI is InChI=1S/C23H29ClOS/c1-15-13-17-18(22(15)26(6,7)24)14-19(23(2,3)4)21(25-5)20(17)16-11-9-8-10-12-16/h8-14,22H,1-7H3. The van der Waals surface area contributed by atoms with E-state index in [0.29, 0.717) is 0 Å². The molecule has 0 saturated heterocycles. The third-order valence-electron chi connectivity index (χ3n) is 5.06. The number of fused-ring (bicyclic) bond motifs is 1. The SMILES string of the molecule is COc1c(C(C)(C)C)cc2c(c1-c1ccccc1)C=C(C)C2S(C)(C)Cl. The average molecular weight is 389 g/mol. The molecular weight excluding hydrogens is 360 g/mol. The molecule has 140 valence electrons. The molecule has 0 fully saturated rings. The molecule has 0 aromatic heterocycles. The largest absolute Gasteiger partial charge is 0.496 e. The maximum Gasteiger partial charge on any atom is 0.131 e. The Morgan fingerprint density at radius 2 is 1.69 bits per heavy atom. The lowest BCUT2D eigenvalue weighted by atomic mass is 9.81. The molecule has 2 aromatic carbocycles. The van der Waals surface area contributed by atoms with Gasteiger partial charge in [0.05, 0.1) is 7.11 Å². The molecule has 0 aliphatic heterocycles. The fourth-order valence-electron chi connectivity index (χ4n) is 4.03. The normalized spacial score (nSPS) is 17.7. The van der Waals surface area contributed by atoms with Crippen LogP contribution in [0.15, 0.2) is 42.0 Å². The van der Waals surface area contributed by atoms with Crippen molar-refractivity contribution in [3.8, 4) is 16.9 Å². The summed E-state index contributed by atoms with van der Waals surface area (Å²) in [4.78, 5) is 0. The number of benzene rings is 2. The summed E-state index contributed by atoms with van der Waals surface area (Å²) in [6.07, 6.45) is 6.69. The minimum absolute atomic E-state index is 0.0171. The van der Waals surface area contributed by atoms with Crippen LogP contribution in [0.3, 0.4) is 0 Å².